The molecule has 5 nitrogen and oxygen atoms in total. The van der Waals surface area contributed by atoms with Gasteiger partial charge in [-0.05, 0) is 43.2 Å². The number of anilines is 1. The summed E-state index contributed by atoms with van der Waals surface area (Å²) in [6, 6.07) is 15.0. The molecular weight excluding hydrogens is 404 g/mol. The van der Waals surface area contributed by atoms with E-state index in [1.54, 1.807) is 54.6 Å². The molecule has 1 fully saturated rings. The van der Waals surface area contributed by atoms with Gasteiger partial charge < -0.3 is 5.32 Å². The van der Waals surface area contributed by atoms with Gasteiger partial charge >= 0.3 is 0 Å². The Bertz CT molecular complexity index is 911. The molecule has 0 radical (unpaired) electrons. The molecule has 1 N–H and O–H groups in total. The third-order valence-corrected chi connectivity index (χ3v) is 8.35. The van der Waals surface area contributed by atoms with Crippen molar-refractivity contribution in [3.63, 3.8) is 0 Å². The van der Waals surface area contributed by atoms with Gasteiger partial charge in [0.2, 0.25) is 0 Å². The maximum absolute atomic E-state index is 12.8. The molecule has 1 aliphatic carbocycles. The maximum Gasteiger partial charge on any atom is 0.264 e. The van der Waals surface area contributed by atoms with E-state index in [4.69, 9.17) is 0 Å². The van der Waals surface area contributed by atoms with Crippen LogP contribution in [0.5, 0.6) is 0 Å². The average Bonchev–Trinajstić information content (AvgIpc) is 2.77. The molecule has 2 aromatic carbocycles. The highest BCUT2D eigenvalue weighted by atomic mass is 32.2. The van der Waals surface area contributed by atoms with Crippen LogP contribution in [0.15, 0.2) is 59.5 Å². The first-order valence-electron chi connectivity index (χ1n) is 10.0. The highest BCUT2D eigenvalue weighted by Gasteiger charge is 2.21. The highest BCUT2D eigenvalue weighted by Crippen LogP contribution is 2.28. The number of sulfonamides is 1. The summed E-state index contributed by atoms with van der Waals surface area (Å²) in [5, 5.41) is 3.67. The van der Waals surface area contributed by atoms with Gasteiger partial charge in [-0.3, -0.25) is 9.10 Å². The Hall–Kier alpha value is -1.99. The Balaban J connectivity index is 1.59. The minimum atomic E-state index is -3.67. The number of rotatable bonds is 8. The lowest BCUT2D eigenvalue weighted by molar-refractivity contribution is 0.0956. The summed E-state index contributed by atoms with van der Waals surface area (Å²) in [5.41, 5.74) is 0.915. The standard InChI is InChI=1S/C22H28N2O3S2/c1-24(29(26,27)21-13-6-3-7-14-21)19-10-8-9-18(17-19)22(25)23-15-16-28-20-11-4-2-5-12-20/h3,6-10,13-14,17,20H,2,4-5,11-12,15-16H2,1H3,(H,23,25). The topological polar surface area (TPSA) is 66.5 Å². The van der Waals surface area contributed by atoms with Crippen LogP contribution in [0, 0.1) is 0 Å². The second-order valence-electron chi connectivity index (χ2n) is 7.22. The van der Waals surface area contributed by atoms with E-state index in [2.05, 4.69) is 5.32 Å². The molecule has 7 heteroatoms. The van der Waals surface area contributed by atoms with Crippen LogP contribution in [0.4, 0.5) is 5.69 Å². The first-order valence-corrected chi connectivity index (χ1v) is 12.5. The van der Waals surface area contributed by atoms with Crippen molar-refractivity contribution in [3.8, 4) is 0 Å². The van der Waals surface area contributed by atoms with Crippen LogP contribution >= 0.6 is 11.8 Å². The third-order valence-electron chi connectivity index (χ3n) is 5.17. The smallest absolute Gasteiger partial charge is 0.264 e. The molecular formula is C22H28N2O3S2. The predicted molar refractivity (Wildman–Crippen MR) is 120 cm³/mol. The fourth-order valence-electron chi connectivity index (χ4n) is 3.46. The number of thioether (sulfide) groups is 1. The lowest BCUT2D eigenvalue weighted by atomic mass is 10.0. The highest BCUT2D eigenvalue weighted by molar-refractivity contribution is 7.99. The van der Waals surface area contributed by atoms with Gasteiger partial charge in [0.15, 0.2) is 0 Å². The van der Waals surface area contributed by atoms with Gasteiger partial charge in [-0.2, -0.15) is 11.8 Å². The molecule has 0 atom stereocenters. The molecule has 0 aliphatic heterocycles. The molecule has 0 spiro atoms. The fraction of sp³-hybridized carbons (Fsp3) is 0.409. The number of nitrogens with one attached hydrogen (secondary N) is 1. The number of amides is 1. The Labute approximate surface area is 177 Å². The largest absolute Gasteiger partial charge is 0.351 e. The van der Waals surface area contributed by atoms with E-state index in [1.807, 2.05) is 11.8 Å². The van der Waals surface area contributed by atoms with Crippen LogP contribution < -0.4 is 9.62 Å². The van der Waals surface area contributed by atoms with Crippen molar-refractivity contribution in [1.82, 2.24) is 5.32 Å². The quantitative estimate of drug-likeness (QED) is 0.632. The number of hydrogen-bond donors (Lipinski definition) is 1. The molecule has 1 aliphatic rings. The first kappa shape index (κ1) is 21.7. The van der Waals surface area contributed by atoms with Gasteiger partial charge in [0.1, 0.15) is 0 Å². The zero-order valence-corrected chi connectivity index (χ0v) is 18.3. The van der Waals surface area contributed by atoms with Crippen LogP contribution in [-0.4, -0.2) is 38.9 Å². The Morgan fingerprint density at radius 3 is 2.52 bits per heavy atom. The summed E-state index contributed by atoms with van der Waals surface area (Å²) >= 11 is 1.94. The maximum atomic E-state index is 12.8. The van der Waals surface area contributed by atoms with Crippen LogP contribution in [0.1, 0.15) is 42.5 Å². The van der Waals surface area contributed by atoms with E-state index < -0.39 is 10.0 Å². The summed E-state index contributed by atoms with van der Waals surface area (Å²) in [4.78, 5) is 12.7. The lowest BCUT2D eigenvalue weighted by Crippen LogP contribution is -2.28. The number of carbonyl (C=O) groups is 1. The Morgan fingerprint density at radius 2 is 1.79 bits per heavy atom. The van der Waals surface area contributed by atoms with Gasteiger partial charge in [0.25, 0.3) is 15.9 Å². The minimum Gasteiger partial charge on any atom is -0.351 e. The predicted octanol–water partition coefficient (Wildman–Crippen LogP) is 4.31. The molecule has 3 rings (SSSR count). The number of benzene rings is 2. The Kier molecular flexibility index (Phi) is 7.61. The zero-order chi connectivity index (χ0) is 20.7. The van der Waals surface area contributed by atoms with Crippen LogP contribution in [-0.2, 0) is 10.0 Å². The number of nitrogens with zero attached hydrogens (tertiary/aromatic N) is 1. The molecule has 0 bridgehead atoms. The minimum absolute atomic E-state index is 0.179. The SMILES string of the molecule is CN(c1cccc(C(=O)NCCSC2CCCCC2)c1)S(=O)(=O)c1ccccc1. The van der Waals surface area contributed by atoms with Gasteiger partial charge in [-0.25, -0.2) is 8.42 Å². The second-order valence-corrected chi connectivity index (χ2v) is 10.6. The second kappa shape index (κ2) is 10.2. The molecule has 29 heavy (non-hydrogen) atoms. The first-order chi connectivity index (χ1) is 14.0. The van der Waals surface area contributed by atoms with E-state index >= 15 is 0 Å². The molecule has 0 heterocycles. The fourth-order valence-corrected chi connectivity index (χ4v) is 5.88. The molecule has 1 saturated carbocycles. The van der Waals surface area contributed by atoms with Crippen LogP contribution in [0.25, 0.3) is 0 Å². The molecule has 2 aromatic rings. The van der Waals surface area contributed by atoms with Crippen molar-refractivity contribution < 1.29 is 13.2 Å². The van der Waals surface area contributed by atoms with E-state index in [0.29, 0.717) is 17.8 Å². The van der Waals surface area contributed by atoms with Gasteiger partial charge in [0.05, 0.1) is 10.6 Å². The molecule has 0 unspecified atom stereocenters. The van der Waals surface area contributed by atoms with Crippen molar-refractivity contribution in [1.29, 1.82) is 0 Å². The lowest BCUT2D eigenvalue weighted by Gasteiger charge is -2.21. The third kappa shape index (κ3) is 5.76. The summed E-state index contributed by atoms with van der Waals surface area (Å²) in [6.45, 7) is 0.613. The number of hydrogen-bond acceptors (Lipinski definition) is 4. The molecule has 0 aromatic heterocycles. The van der Waals surface area contributed by atoms with Crippen molar-refractivity contribution in [2.75, 3.05) is 23.7 Å². The van der Waals surface area contributed by atoms with Crippen molar-refractivity contribution in [2.24, 2.45) is 0 Å². The van der Waals surface area contributed by atoms with E-state index in [-0.39, 0.29) is 10.8 Å². The monoisotopic (exact) mass is 432 g/mol. The van der Waals surface area contributed by atoms with E-state index in [0.717, 1.165) is 11.0 Å². The molecule has 0 saturated heterocycles. The normalized spacial score (nSPS) is 15.1. The summed E-state index contributed by atoms with van der Waals surface area (Å²) in [6.07, 6.45) is 6.54. The summed E-state index contributed by atoms with van der Waals surface area (Å²) in [7, 11) is -2.17. The van der Waals surface area contributed by atoms with Crippen molar-refractivity contribution >= 4 is 33.4 Å². The van der Waals surface area contributed by atoms with E-state index in [1.165, 1.54) is 43.5 Å². The van der Waals surface area contributed by atoms with Crippen molar-refractivity contribution in [2.45, 2.75) is 42.2 Å². The molecule has 1 amide bonds. The van der Waals surface area contributed by atoms with E-state index in [9.17, 15) is 13.2 Å². The van der Waals surface area contributed by atoms with Gasteiger partial charge in [-0.15, -0.1) is 0 Å². The van der Waals surface area contributed by atoms with Gasteiger partial charge in [-0.1, -0.05) is 43.5 Å². The van der Waals surface area contributed by atoms with Crippen molar-refractivity contribution in [3.05, 3.63) is 60.2 Å². The Morgan fingerprint density at radius 1 is 1.07 bits per heavy atom. The molecule has 156 valence electrons. The van der Waals surface area contributed by atoms with Crippen LogP contribution in [0.3, 0.4) is 0 Å². The summed E-state index contributed by atoms with van der Waals surface area (Å²) < 4.78 is 26.8. The van der Waals surface area contributed by atoms with Gasteiger partial charge in [0, 0.05) is 30.2 Å². The summed E-state index contributed by atoms with van der Waals surface area (Å²) in [5.74, 6) is 0.722. The average molecular weight is 433 g/mol. The van der Waals surface area contributed by atoms with Crippen LogP contribution in [0.2, 0.25) is 0 Å². The zero-order valence-electron chi connectivity index (χ0n) is 16.7. The number of carbonyl (C=O) groups excluding carboxylic acids is 1.